The number of hydrogen-bond acceptors (Lipinski definition) is 10. The number of methoxy groups -OCH3 is 2. The van der Waals surface area contributed by atoms with E-state index in [1.54, 1.807) is 0 Å². The van der Waals surface area contributed by atoms with Gasteiger partial charge < -0.3 is 34.6 Å². The fourth-order valence-electron chi connectivity index (χ4n) is 11.4. The number of rotatable bonds is 20. The lowest BCUT2D eigenvalue weighted by atomic mass is 9.72. The quantitative estimate of drug-likeness (QED) is 0.0501. The Morgan fingerprint density at radius 3 is 1.16 bits per heavy atom. The number of carbonyl (C=O) groups is 3. The van der Waals surface area contributed by atoms with Gasteiger partial charge in [0, 0.05) is 12.0 Å². The summed E-state index contributed by atoms with van der Waals surface area (Å²) < 4.78 is 9.82. The summed E-state index contributed by atoms with van der Waals surface area (Å²) in [5.74, 6) is -0.198. The summed E-state index contributed by atoms with van der Waals surface area (Å²) in [4.78, 5) is 41.8. The summed E-state index contributed by atoms with van der Waals surface area (Å²) in [5, 5.41) is 34.9. The molecule has 0 amide bonds. The number of ether oxygens (including phenoxy) is 2. The smallest absolute Gasteiger partial charge is 0.315 e. The summed E-state index contributed by atoms with van der Waals surface area (Å²) in [6.45, 7) is 12.8. The maximum atomic E-state index is 12.8. The van der Waals surface area contributed by atoms with E-state index in [0.717, 1.165) is 117 Å². The fourth-order valence-corrected chi connectivity index (χ4v) is 11.4. The Kier molecular flexibility index (Phi) is 19.8. The predicted molar refractivity (Wildman–Crippen MR) is 301 cm³/mol. The molecular formula is C66H80N2O8. The Morgan fingerprint density at radius 1 is 0.487 bits per heavy atom. The molecule has 10 heteroatoms. The molecule has 6 aromatic carbocycles. The number of benzene rings is 6. The van der Waals surface area contributed by atoms with Crippen LogP contribution in [0.3, 0.4) is 0 Å². The number of carbonyl (C=O) groups excluding carboxylic acids is 3. The first-order valence-corrected chi connectivity index (χ1v) is 27.2. The van der Waals surface area contributed by atoms with Crippen molar-refractivity contribution in [1.29, 1.82) is 0 Å². The third kappa shape index (κ3) is 13.5. The van der Waals surface area contributed by atoms with Crippen LogP contribution in [0.1, 0.15) is 134 Å². The van der Waals surface area contributed by atoms with Crippen LogP contribution < -0.4 is 0 Å². The average molecular weight is 1030 g/mol. The molecule has 0 spiro atoms. The Balaban J connectivity index is 0.000000221. The van der Waals surface area contributed by atoms with E-state index < -0.39 is 28.1 Å². The van der Waals surface area contributed by atoms with Crippen LogP contribution >= 0.6 is 0 Å². The molecule has 6 aromatic rings. The van der Waals surface area contributed by atoms with Gasteiger partial charge in [-0.3, -0.25) is 14.4 Å². The Morgan fingerprint density at radius 2 is 0.816 bits per heavy atom. The fraction of sp³-hybridized carbons (Fsp3) is 0.409. The van der Waals surface area contributed by atoms with E-state index >= 15 is 0 Å². The van der Waals surface area contributed by atoms with Crippen molar-refractivity contribution in [2.75, 3.05) is 53.5 Å². The number of nitrogens with zero attached hydrogens (tertiary/aromatic N) is 2. The van der Waals surface area contributed by atoms with E-state index in [2.05, 4.69) is 9.80 Å². The number of Topliss-reactive ketones (excluding diaryl/α,β-unsaturated/α-hetero) is 1. The normalized spacial score (nSPS) is 15.8. The van der Waals surface area contributed by atoms with Crippen LogP contribution in [0.4, 0.5) is 0 Å². The largest absolute Gasteiger partial charge is 0.468 e. The monoisotopic (exact) mass is 1030 g/mol. The van der Waals surface area contributed by atoms with E-state index in [1.165, 1.54) is 14.2 Å². The topological polar surface area (TPSA) is 137 Å². The number of hydrogen-bond donors (Lipinski definition) is 3. The van der Waals surface area contributed by atoms with Gasteiger partial charge >= 0.3 is 11.9 Å². The van der Waals surface area contributed by atoms with Crippen molar-refractivity contribution in [3.05, 3.63) is 214 Å². The van der Waals surface area contributed by atoms with Crippen LogP contribution in [-0.4, -0.2) is 96.3 Å². The minimum atomic E-state index is -1.01. The molecule has 0 aliphatic carbocycles. The second-order valence-corrected chi connectivity index (χ2v) is 21.8. The zero-order chi connectivity index (χ0) is 54.4. The Labute approximate surface area is 451 Å². The number of piperidine rings is 2. The van der Waals surface area contributed by atoms with Crippen molar-refractivity contribution in [2.45, 2.75) is 107 Å². The molecule has 10 nitrogen and oxygen atoms in total. The summed E-state index contributed by atoms with van der Waals surface area (Å²) in [7, 11) is 2.79. The first kappa shape index (κ1) is 57.4. The first-order chi connectivity index (χ1) is 36.5. The van der Waals surface area contributed by atoms with E-state index in [4.69, 9.17) is 9.47 Å². The van der Waals surface area contributed by atoms with Crippen LogP contribution in [0.5, 0.6) is 0 Å². The second kappa shape index (κ2) is 26.2. The molecule has 0 saturated carbocycles. The number of likely N-dealkylation sites (tertiary alicyclic amines) is 2. The lowest BCUT2D eigenvalue weighted by molar-refractivity contribution is -0.147. The maximum absolute atomic E-state index is 12.8. The minimum absolute atomic E-state index is 0.116. The molecule has 402 valence electrons. The zero-order valence-corrected chi connectivity index (χ0v) is 45.6. The standard InChI is InChI=1S/C33H41NO4.C33H39NO4/c2*1-32(2,31(36)38-3)26-18-16-25(17-19-26)30(35)15-10-22-34-23-20-29(21-24-34)33(37,27-11-6-4-7-12-27)28-13-8-5-9-14-28/h4-9,11-14,16-19,29-30,35,37H,10,15,20-24H2,1-3H3;4-9,11-14,16-19,29,37H,10,15,20-24H2,1-3H3. The van der Waals surface area contributed by atoms with Crippen molar-refractivity contribution >= 4 is 17.7 Å². The zero-order valence-electron chi connectivity index (χ0n) is 45.6. The van der Waals surface area contributed by atoms with Gasteiger partial charge in [-0.1, -0.05) is 170 Å². The van der Waals surface area contributed by atoms with Crippen LogP contribution in [0.15, 0.2) is 170 Å². The van der Waals surface area contributed by atoms with Crippen molar-refractivity contribution in [2.24, 2.45) is 11.8 Å². The molecule has 2 fully saturated rings. The van der Waals surface area contributed by atoms with Gasteiger partial charge in [-0.15, -0.1) is 0 Å². The third-order valence-corrected chi connectivity index (χ3v) is 16.4. The third-order valence-electron chi connectivity index (χ3n) is 16.4. The van der Waals surface area contributed by atoms with Crippen molar-refractivity contribution < 1.29 is 39.2 Å². The van der Waals surface area contributed by atoms with Gasteiger partial charge in [-0.2, -0.15) is 0 Å². The SMILES string of the molecule is COC(=O)C(C)(C)c1ccc(C(=O)CCCN2CCC(C(O)(c3ccccc3)c3ccccc3)CC2)cc1.COC(=O)C(C)(C)c1ccc(C(O)CCCN2CCC(C(O)(c3ccccc3)c3ccccc3)CC2)cc1. The minimum Gasteiger partial charge on any atom is -0.468 e. The van der Waals surface area contributed by atoms with Crippen LogP contribution in [0, 0.1) is 11.8 Å². The molecular weight excluding hydrogens is 949 g/mol. The number of esters is 2. The first-order valence-electron chi connectivity index (χ1n) is 27.2. The molecule has 2 aliphatic rings. The molecule has 1 unspecified atom stereocenters. The number of aliphatic hydroxyl groups is 3. The Hall–Kier alpha value is -6.27. The molecule has 1 atom stereocenters. The Bertz CT molecular complexity index is 2650. The van der Waals surface area contributed by atoms with E-state index in [0.29, 0.717) is 18.4 Å². The molecule has 2 saturated heterocycles. The highest BCUT2D eigenvalue weighted by Crippen LogP contribution is 2.43. The summed E-state index contributed by atoms with van der Waals surface area (Å²) >= 11 is 0. The van der Waals surface area contributed by atoms with Gasteiger partial charge in [-0.25, -0.2) is 0 Å². The highest BCUT2D eigenvalue weighted by molar-refractivity contribution is 5.96. The highest BCUT2D eigenvalue weighted by atomic mass is 16.5. The lowest BCUT2D eigenvalue weighted by Gasteiger charge is -2.42. The van der Waals surface area contributed by atoms with Crippen LogP contribution in [0.25, 0.3) is 0 Å². The summed E-state index contributed by atoms with van der Waals surface area (Å²) in [6.07, 6.45) is 5.93. The lowest BCUT2D eigenvalue weighted by Crippen LogP contribution is -2.44. The maximum Gasteiger partial charge on any atom is 0.315 e. The molecule has 2 aliphatic heterocycles. The summed E-state index contributed by atoms with van der Waals surface area (Å²) in [5.41, 5.74) is 3.53. The van der Waals surface area contributed by atoms with Crippen LogP contribution in [0.2, 0.25) is 0 Å². The molecule has 0 radical (unpaired) electrons. The van der Waals surface area contributed by atoms with Crippen molar-refractivity contribution in [3.63, 3.8) is 0 Å². The van der Waals surface area contributed by atoms with Gasteiger partial charge in [0.2, 0.25) is 0 Å². The molecule has 2 heterocycles. The highest BCUT2D eigenvalue weighted by Gasteiger charge is 2.43. The number of ketones is 1. The number of aliphatic hydroxyl groups excluding tert-OH is 1. The molecule has 0 bridgehead atoms. The van der Waals surface area contributed by atoms with Gasteiger partial charge in [0.25, 0.3) is 0 Å². The molecule has 3 N–H and O–H groups in total. The van der Waals surface area contributed by atoms with Crippen molar-refractivity contribution in [1.82, 2.24) is 9.80 Å². The molecule has 76 heavy (non-hydrogen) atoms. The van der Waals surface area contributed by atoms with Gasteiger partial charge in [0.1, 0.15) is 11.2 Å². The van der Waals surface area contributed by atoms with Crippen LogP contribution in [-0.2, 0) is 41.1 Å². The average Bonchev–Trinajstić information content (AvgIpc) is 3.49. The van der Waals surface area contributed by atoms with Crippen molar-refractivity contribution in [3.8, 4) is 0 Å². The predicted octanol–water partition coefficient (Wildman–Crippen LogP) is 11.3. The van der Waals surface area contributed by atoms with Gasteiger partial charge in [0.15, 0.2) is 5.78 Å². The molecule has 0 aromatic heterocycles. The summed E-state index contributed by atoms with van der Waals surface area (Å²) in [6, 6.07) is 55.0. The molecule has 8 rings (SSSR count). The van der Waals surface area contributed by atoms with Gasteiger partial charge in [0.05, 0.1) is 31.2 Å². The van der Waals surface area contributed by atoms with E-state index in [9.17, 15) is 29.7 Å². The van der Waals surface area contributed by atoms with Gasteiger partial charge in [-0.05, 0) is 163 Å². The van der Waals surface area contributed by atoms with E-state index in [1.807, 2.05) is 198 Å². The van der Waals surface area contributed by atoms with E-state index in [-0.39, 0.29) is 29.6 Å². The second-order valence-electron chi connectivity index (χ2n) is 21.8.